The summed E-state index contributed by atoms with van der Waals surface area (Å²) in [5, 5.41) is 13.0. The SMILES string of the molecule is CC(C)(C)C(=O)N[C@@H]1COC2(CCC2)[C@H]1O. The topological polar surface area (TPSA) is 58.6 Å². The van der Waals surface area contributed by atoms with Gasteiger partial charge in [0.05, 0.1) is 18.2 Å². The number of carbonyl (C=O) groups is 1. The lowest BCUT2D eigenvalue weighted by molar-refractivity contribution is -0.130. The molecule has 0 bridgehead atoms. The van der Waals surface area contributed by atoms with Gasteiger partial charge >= 0.3 is 0 Å². The third-order valence-corrected chi connectivity index (χ3v) is 3.67. The van der Waals surface area contributed by atoms with Crippen molar-refractivity contribution in [3.63, 3.8) is 0 Å². The molecule has 0 radical (unpaired) electrons. The van der Waals surface area contributed by atoms with E-state index in [1.54, 1.807) is 0 Å². The molecule has 2 fully saturated rings. The number of ether oxygens (including phenoxy) is 1. The number of amides is 1. The Bertz CT molecular complexity index is 291. The highest BCUT2D eigenvalue weighted by atomic mass is 16.5. The van der Waals surface area contributed by atoms with Gasteiger partial charge in [-0.1, -0.05) is 20.8 Å². The molecule has 0 aromatic heterocycles. The van der Waals surface area contributed by atoms with Crippen LogP contribution in [0.3, 0.4) is 0 Å². The quantitative estimate of drug-likeness (QED) is 0.697. The van der Waals surface area contributed by atoms with E-state index >= 15 is 0 Å². The number of aliphatic hydroxyl groups is 1. The second kappa shape index (κ2) is 3.70. The number of hydrogen-bond donors (Lipinski definition) is 2. The second-order valence-corrected chi connectivity index (χ2v) is 6.00. The van der Waals surface area contributed by atoms with Crippen LogP contribution in [0.2, 0.25) is 0 Å². The Hall–Kier alpha value is -0.610. The van der Waals surface area contributed by atoms with Crippen LogP contribution in [0.4, 0.5) is 0 Å². The normalized spacial score (nSPS) is 32.5. The van der Waals surface area contributed by atoms with E-state index in [-0.39, 0.29) is 17.6 Å². The van der Waals surface area contributed by atoms with Crippen molar-refractivity contribution in [2.45, 2.75) is 57.8 Å². The van der Waals surface area contributed by atoms with Crippen molar-refractivity contribution in [1.29, 1.82) is 0 Å². The van der Waals surface area contributed by atoms with Crippen LogP contribution < -0.4 is 5.32 Å². The van der Waals surface area contributed by atoms with Crippen LogP contribution in [0.25, 0.3) is 0 Å². The Morgan fingerprint density at radius 1 is 1.44 bits per heavy atom. The molecule has 92 valence electrons. The molecule has 0 unspecified atom stereocenters. The minimum absolute atomic E-state index is 0.0310. The van der Waals surface area contributed by atoms with Gasteiger partial charge in [-0.3, -0.25) is 4.79 Å². The van der Waals surface area contributed by atoms with Gasteiger partial charge in [-0.05, 0) is 19.3 Å². The van der Waals surface area contributed by atoms with E-state index < -0.39 is 11.5 Å². The van der Waals surface area contributed by atoms with Crippen LogP contribution >= 0.6 is 0 Å². The number of rotatable bonds is 1. The molecule has 2 N–H and O–H groups in total. The summed E-state index contributed by atoms with van der Waals surface area (Å²) < 4.78 is 5.65. The maximum atomic E-state index is 11.8. The van der Waals surface area contributed by atoms with Crippen molar-refractivity contribution < 1.29 is 14.6 Å². The lowest BCUT2D eigenvalue weighted by Crippen LogP contribution is -2.54. The molecule has 1 aliphatic heterocycles. The van der Waals surface area contributed by atoms with E-state index in [9.17, 15) is 9.90 Å². The summed E-state index contributed by atoms with van der Waals surface area (Å²) in [7, 11) is 0. The Labute approximate surface area is 96.4 Å². The molecule has 1 aliphatic carbocycles. The van der Waals surface area contributed by atoms with Crippen molar-refractivity contribution in [3.05, 3.63) is 0 Å². The molecule has 1 heterocycles. The summed E-state index contributed by atoms with van der Waals surface area (Å²) in [5.41, 5.74) is -0.773. The number of aliphatic hydroxyl groups excluding tert-OH is 1. The minimum atomic E-state index is -0.549. The van der Waals surface area contributed by atoms with Crippen molar-refractivity contribution in [1.82, 2.24) is 5.32 Å². The first kappa shape index (κ1) is 11.9. The van der Waals surface area contributed by atoms with Gasteiger partial charge in [0, 0.05) is 5.41 Å². The lowest BCUT2D eigenvalue weighted by atomic mass is 9.75. The fourth-order valence-electron chi connectivity index (χ4n) is 2.27. The Balaban J connectivity index is 1.95. The number of hydrogen-bond acceptors (Lipinski definition) is 3. The molecule has 16 heavy (non-hydrogen) atoms. The summed E-state index contributed by atoms with van der Waals surface area (Å²) in [5.74, 6) is -0.0310. The van der Waals surface area contributed by atoms with Crippen molar-refractivity contribution in [3.8, 4) is 0 Å². The summed E-state index contributed by atoms with van der Waals surface area (Å²) in [6, 6.07) is -0.243. The summed E-state index contributed by atoms with van der Waals surface area (Å²) in [4.78, 5) is 11.8. The molecule has 0 aromatic carbocycles. The van der Waals surface area contributed by atoms with Gasteiger partial charge in [0.1, 0.15) is 6.10 Å². The molecule has 1 saturated heterocycles. The first-order valence-electron chi connectivity index (χ1n) is 5.98. The fraction of sp³-hybridized carbons (Fsp3) is 0.917. The highest BCUT2D eigenvalue weighted by Crippen LogP contribution is 2.43. The zero-order valence-corrected chi connectivity index (χ0v) is 10.2. The molecule has 4 nitrogen and oxygen atoms in total. The minimum Gasteiger partial charge on any atom is -0.388 e. The standard InChI is InChI=1S/C12H21NO3/c1-11(2,3)10(15)13-8-7-16-12(9(8)14)5-4-6-12/h8-9,14H,4-7H2,1-3H3,(H,13,15)/t8-,9+/m1/s1. The second-order valence-electron chi connectivity index (χ2n) is 6.00. The van der Waals surface area contributed by atoms with E-state index in [0.29, 0.717) is 6.61 Å². The molecular formula is C12H21NO3. The molecule has 2 atom stereocenters. The van der Waals surface area contributed by atoms with E-state index in [4.69, 9.17) is 4.74 Å². The van der Waals surface area contributed by atoms with Crippen molar-refractivity contribution in [2.75, 3.05) is 6.61 Å². The Morgan fingerprint density at radius 3 is 2.44 bits per heavy atom. The highest BCUT2D eigenvalue weighted by Gasteiger charge is 2.53. The van der Waals surface area contributed by atoms with E-state index in [2.05, 4.69) is 5.32 Å². The molecule has 0 aromatic rings. The molecule has 1 spiro atoms. The van der Waals surface area contributed by atoms with Gasteiger partial charge in [-0.25, -0.2) is 0 Å². The Kier molecular flexibility index (Phi) is 2.75. The van der Waals surface area contributed by atoms with E-state index in [1.165, 1.54) is 0 Å². The van der Waals surface area contributed by atoms with Gasteiger partial charge in [0.15, 0.2) is 0 Å². The van der Waals surface area contributed by atoms with Gasteiger partial charge in [-0.15, -0.1) is 0 Å². The molecule has 2 rings (SSSR count). The number of carbonyl (C=O) groups excluding carboxylic acids is 1. The molecular weight excluding hydrogens is 206 g/mol. The van der Waals surface area contributed by atoms with Gasteiger partial charge < -0.3 is 15.2 Å². The third kappa shape index (κ3) is 1.84. The van der Waals surface area contributed by atoms with Crippen LogP contribution in [0, 0.1) is 5.41 Å². The zero-order chi connectivity index (χ0) is 12.0. The average Bonchev–Trinajstić information content (AvgIpc) is 2.42. The average molecular weight is 227 g/mol. The lowest BCUT2D eigenvalue weighted by Gasteiger charge is -2.40. The molecule has 1 amide bonds. The van der Waals surface area contributed by atoms with Crippen LogP contribution in [0.1, 0.15) is 40.0 Å². The molecule has 2 aliphatic rings. The predicted molar refractivity (Wildman–Crippen MR) is 59.9 cm³/mol. The largest absolute Gasteiger partial charge is 0.388 e. The van der Waals surface area contributed by atoms with Crippen LogP contribution in [-0.4, -0.2) is 35.4 Å². The van der Waals surface area contributed by atoms with Crippen LogP contribution in [-0.2, 0) is 9.53 Å². The summed E-state index contributed by atoms with van der Waals surface area (Å²) >= 11 is 0. The fourth-order valence-corrected chi connectivity index (χ4v) is 2.27. The maximum Gasteiger partial charge on any atom is 0.225 e. The monoisotopic (exact) mass is 227 g/mol. The van der Waals surface area contributed by atoms with Gasteiger partial charge in [0.2, 0.25) is 5.91 Å². The van der Waals surface area contributed by atoms with Crippen molar-refractivity contribution >= 4 is 5.91 Å². The molecule has 1 saturated carbocycles. The van der Waals surface area contributed by atoms with Crippen LogP contribution in [0.5, 0.6) is 0 Å². The highest BCUT2D eigenvalue weighted by molar-refractivity contribution is 5.81. The van der Waals surface area contributed by atoms with Crippen molar-refractivity contribution in [2.24, 2.45) is 5.41 Å². The summed E-state index contributed by atoms with van der Waals surface area (Å²) in [6.45, 7) is 6.03. The third-order valence-electron chi connectivity index (χ3n) is 3.67. The van der Waals surface area contributed by atoms with Gasteiger partial charge in [-0.2, -0.15) is 0 Å². The van der Waals surface area contributed by atoms with E-state index in [0.717, 1.165) is 19.3 Å². The Morgan fingerprint density at radius 2 is 2.06 bits per heavy atom. The van der Waals surface area contributed by atoms with E-state index in [1.807, 2.05) is 20.8 Å². The molecule has 4 heteroatoms. The zero-order valence-electron chi connectivity index (χ0n) is 10.2. The predicted octanol–water partition coefficient (Wildman–Crippen LogP) is 0.831. The summed E-state index contributed by atoms with van der Waals surface area (Å²) in [6.07, 6.45) is 2.39. The first-order chi connectivity index (χ1) is 7.35. The first-order valence-corrected chi connectivity index (χ1v) is 5.98. The van der Waals surface area contributed by atoms with Gasteiger partial charge in [0.25, 0.3) is 0 Å². The number of nitrogens with one attached hydrogen (secondary N) is 1. The smallest absolute Gasteiger partial charge is 0.225 e. The maximum absolute atomic E-state index is 11.8. The van der Waals surface area contributed by atoms with Crippen LogP contribution in [0.15, 0.2) is 0 Å².